The van der Waals surface area contributed by atoms with E-state index < -0.39 is 54.0 Å². The van der Waals surface area contributed by atoms with Gasteiger partial charge in [0.05, 0.1) is 42.7 Å². The minimum atomic E-state index is -1.21. The average molecular weight is 777 g/mol. The highest BCUT2D eigenvalue weighted by Crippen LogP contribution is 2.50. The number of likely N-dealkylation sites (N-methyl/N-ethyl adjacent to an activating group) is 2. The van der Waals surface area contributed by atoms with E-state index in [0.717, 1.165) is 12.8 Å². The number of Topliss-reactive ketones (excluding diaryl/α,β-unsaturated/α-hetero) is 1. The maximum absolute atomic E-state index is 14.4. The quantitative estimate of drug-likeness (QED) is 0.150. The third-order valence-corrected chi connectivity index (χ3v) is 12.3. The highest BCUT2D eigenvalue weighted by Gasteiger charge is 2.57. The molecule has 1 aromatic rings. The van der Waals surface area contributed by atoms with Crippen molar-refractivity contribution in [2.24, 2.45) is 35.5 Å². The lowest BCUT2D eigenvalue weighted by Crippen LogP contribution is -2.55. The van der Waals surface area contributed by atoms with Crippen molar-refractivity contribution in [3.05, 3.63) is 34.9 Å². The van der Waals surface area contributed by atoms with E-state index in [2.05, 4.69) is 10.6 Å². The highest BCUT2D eigenvalue weighted by molar-refractivity contribution is 6.31. The molecular formula is C41H65ClN4O8. The van der Waals surface area contributed by atoms with Gasteiger partial charge >= 0.3 is 5.97 Å². The predicted molar refractivity (Wildman–Crippen MR) is 209 cm³/mol. The lowest BCUT2D eigenvalue weighted by Gasteiger charge is -2.41. The summed E-state index contributed by atoms with van der Waals surface area (Å²) in [5.74, 6) is -3.02. The number of amides is 3. The molecule has 11 atom stereocenters. The number of carboxylic acids is 1. The van der Waals surface area contributed by atoms with Crippen LogP contribution in [0.15, 0.2) is 24.3 Å². The number of ether oxygens (including phenoxy) is 2. The van der Waals surface area contributed by atoms with E-state index in [1.165, 1.54) is 7.11 Å². The van der Waals surface area contributed by atoms with Gasteiger partial charge in [0, 0.05) is 51.1 Å². The molecule has 304 valence electrons. The normalized spacial score (nSPS) is 22.4. The third-order valence-electron chi connectivity index (χ3n) is 11.9. The maximum Gasteiger partial charge on any atom is 0.326 e. The fourth-order valence-corrected chi connectivity index (χ4v) is 8.69. The lowest BCUT2D eigenvalue weighted by atomic mass is 9.84. The number of halogens is 1. The molecule has 0 radical (unpaired) electrons. The molecule has 1 aromatic carbocycles. The number of piperidine rings is 1. The zero-order chi connectivity index (χ0) is 40.6. The second kappa shape index (κ2) is 20.2. The van der Waals surface area contributed by atoms with Gasteiger partial charge in [-0.15, -0.1) is 0 Å². The molecule has 3 rings (SSSR count). The molecule has 1 aliphatic heterocycles. The van der Waals surface area contributed by atoms with E-state index >= 15 is 0 Å². The van der Waals surface area contributed by atoms with Gasteiger partial charge in [0.1, 0.15) is 6.04 Å². The molecule has 1 aliphatic carbocycles. The number of aliphatic carboxylic acids is 1. The van der Waals surface area contributed by atoms with Gasteiger partial charge in [-0.05, 0) is 55.2 Å². The summed E-state index contributed by atoms with van der Waals surface area (Å²) in [4.78, 5) is 71.3. The van der Waals surface area contributed by atoms with E-state index in [1.807, 2.05) is 46.4 Å². The lowest BCUT2D eigenvalue weighted by molar-refractivity contribution is -0.150. The number of likely N-dealkylation sites (tertiary alicyclic amines) is 1. The number of carboxylic acid groups (broad SMARTS) is 1. The van der Waals surface area contributed by atoms with E-state index in [-0.39, 0.29) is 72.6 Å². The van der Waals surface area contributed by atoms with Crippen LogP contribution < -0.4 is 10.6 Å². The molecule has 0 bridgehead atoms. The molecule has 54 heavy (non-hydrogen) atoms. The summed E-state index contributed by atoms with van der Waals surface area (Å²) >= 11 is 6.28. The second-order valence-electron chi connectivity index (χ2n) is 16.2. The minimum Gasteiger partial charge on any atom is -0.480 e. The van der Waals surface area contributed by atoms with Crippen LogP contribution in [0.25, 0.3) is 0 Å². The zero-order valence-corrected chi connectivity index (χ0v) is 34.9. The van der Waals surface area contributed by atoms with E-state index in [4.69, 9.17) is 21.1 Å². The van der Waals surface area contributed by atoms with Crippen LogP contribution in [0.2, 0.25) is 5.02 Å². The SMILES string of the molecule is CC[C@H](C)[C@@H]([C@@H](CC(=O)N1[C@H]2C[C@H]2C[C@H]1[C@H](OC)[C@@H](C)C(=O)N[C@@H](Cc1ccccc1Cl)C(=O)O)OC)N(C)C(=O)[C@@H](CC(=O)[C@@H](NC)C(C)C)C(C)C. The number of carbonyl (C=O) groups is 5. The summed E-state index contributed by atoms with van der Waals surface area (Å²) in [6.07, 6.45) is 1.07. The molecule has 0 aromatic heterocycles. The number of benzene rings is 1. The van der Waals surface area contributed by atoms with Crippen LogP contribution in [0.5, 0.6) is 0 Å². The molecule has 1 saturated carbocycles. The first-order valence-corrected chi connectivity index (χ1v) is 19.9. The van der Waals surface area contributed by atoms with Crippen molar-refractivity contribution in [1.82, 2.24) is 20.4 Å². The van der Waals surface area contributed by atoms with Gasteiger partial charge in [0.15, 0.2) is 5.78 Å². The van der Waals surface area contributed by atoms with Gasteiger partial charge in [0.25, 0.3) is 0 Å². The number of rotatable bonds is 22. The van der Waals surface area contributed by atoms with Crippen molar-refractivity contribution < 1.29 is 38.6 Å². The predicted octanol–water partition coefficient (Wildman–Crippen LogP) is 4.85. The van der Waals surface area contributed by atoms with Gasteiger partial charge in [-0.3, -0.25) is 19.2 Å². The molecule has 1 saturated heterocycles. The number of fused-ring (bicyclic) bond motifs is 1. The van der Waals surface area contributed by atoms with Crippen LogP contribution >= 0.6 is 11.6 Å². The first-order valence-electron chi connectivity index (χ1n) is 19.5. The molecule has 13 heteroatoms. The van der Waals surface area contributed by atoms with Crippen molar-refractivity contribution in [3.63, 3.8) is 0 Å². The van der Waals surface area contributed by atoms with Crippen LogP contribution in [0.4, 0.5) is 0 Å². The smallest absolute Gasteiger partial charge is 0.326 e. The Hall–Kier alpha value is -3.06. The number of methoxy groups -OCH3 is 2. The van der Waals surface area contributed by atoms with Gasteiger partial charge in [-0.2, -0.15) is 0 Å². The Morgan fingerprint density at radius 2 is 1.63 bits per heavy atom. The Labute approximate surface area is 327 Å². The van der Waals surface area contributed by atoms with Crippen LogP contribution in [0.3, 0.4) is 0 Å². The van der Waals surface area contributed by atoms with Crippen LogP contribution in [0.1, 0.15) is 86.1 Å². The summed E-state index contributed by atoms with van der Waals surface area (Å²) in [5, 5.41) is 16.1. The number of carbonyl (C=O) groups excluding carboxylic acids is 4. The topological polar surface area (TPSA) is 155 Å². The molecule has 2 fully saturated rings. The molecule has 3 amide bonds. The number of nitrogens with one attached hydrogen (secondary N) is 2. The van der Waals surface area contributed by atoms with E-state index in [1.54, 1.807) is 57.3 Å². The highest BCUT2D eigenvalue weighted by atomic mass is 35.5. The summed E-state index contributed by atoms with van der Waals surface area (Å²) in [7, 11) is 6.58. The standard InChI is InChI=1S/C41H65ClN4O8/c1-12-24(6)37(45(9)40(50)28(22(2)3)20-33(47)36(43-8)23(4)5)34(53-10)21-35(48)46-31-18-27(31)19-32(46)38(54-11)25(7)39(49)44-30(41(51)52)17-26-15-13-14-16-29(26)42/h13-16,22-25,27-28,30-32,34,36-38,43H,12,17-21H2,1-11H3,(H,44,49)(H,51,52)/t24-,25+,27-,28-,30-,31-,32-,34+,36-,37-,38+/m0/s1. The molecule has 0 unspecified atom stereocenters. The van der Waals surface area contributed by atoms with Crippen molar-refractivity contribution in [1.29, 1.82) is 0 Å². The Balaban J connectivity index is 1.81. The Kier molecular flexibility index (Phi) is 17.0. The molecular weight excluding hydrogens is 712 g/mol. The van der Waals surface area contributed by atoms with E-state index in [0.29, 0.717) is 17.0 Å². The summed E-state index contributed by atoms with van der Waals surface area (Å²) in [6.45, 7) is 13.6. The fraction of sp³-hybridized carbons (Fsp3) is 0.732. The molecule has 12 nitrogen and oxygen atoms in total. The number of ketones is 1. The fourth-order valence-electron chi connectivity index (χ4n) is 8.47. The van der Waals surface area contributed by atoms with E-state index in [9.17, 15) is 29.1 Å². The van der Waals surface area contributed by atoms with Gasteiger partial charge < -0.3 is 35.0 Å². The third kappa shape index (κ3) is 10.8. The summed E-state index contributed by atoms with van der Waals surface area (Å²) in [5.41, 5.74) is 0.605. The number of hydrogen-bond acceptors (Lipinski definition) is 8. The van der Waals surface area contributed by atoms with Crippen LogP contribution in [-0.2, 0) is 39.9 Å². The van der Waals surface area contributed by atoms with Gasteiger partial charge in [-0.1, -0.05) is 84.7 Å². The Bertz CT molecular complexity index is 1460. The summed E-state index contributed by atoms with van der Waals surface area (Å²) < 4.78 is 12.0. The molecule has 1 heterocycles. The van der Waals surface area contributed by atoms with Gasteiger partial charge in [-0.25, -0.2) is 4.79 Å². The average Bonchev–Trinajstić information content (AvgIpc) is 3.78. The van der Waals surface area contributed by atoms with Crippen molar-refractivity contribution in [2.75, 3.05) is 28.3 Å². The number of nitrogens with zero attached hydrogens (tertiary/aromatic N) is 2. The minimum absolute atomic E-state index is 0.000233. The maximum atomic E-state index is 14.4. The number of hydrogen-bond donors (Lipinski definition) is 3. The Morgan fingerprint density at radius 3 is 2.15 bits per heavy atom. The summed E-state index contributed by atoms with van der Waals surface area (Å²) in [6, 6.07) is 4.52. The van der Waals surface area contributed by atoms with Crippen molar-refractivity contribution in [2.45, 2.75) is 129 Å². The zero-order valence-electron chi connectivity index (χ0n) is 34.1. The largest absolute Gasteiger partial charge is 0.480 e. The first-order chi connectivity index (χ1) is 25.4. The molecule has 0 spiro atoms. The first kappa shape index (κ1) is 45.3. The van der Waals surface area contributed by atoms with Gasteiger partial charge in [0.2, 0.25) is 17.7 Å². The second-order valence-corrected chi connectivity index (χ2v) is 16.6. The van der Waals surface area contributed by atoms with Crippen molar-refractivity contribution >= 4 is 41.1 Å². The van der Waals surface area contributed by atoms with Crippen molar-refractivity contribution in [3.8, 4) is 0 Å². The van der Waals surface area contributed by atoms with Crippen LogP contribution in [0, 0.1) is 35.5 Å². The Morgan fingerprint density at radius 1 is 0.981 bits per heavy atom. The molecule has 2 aliphatic rings. The molecule has 3 N–H and O–H groups in total. The van der Waals surface area contributed by atoms with Crippen LogP contribution in [-0.4, -0.2) is 115 Å². The monoisotopic (exact) mass is 776 g/mol.